The van der Waals surface area contributed by atoms with E-state index in [1.54, 1.807) is 0 Å². The summed E-state index contributed by atoms with van der Waals surface area (Å²) >= 11 is 0. The van der Waals surface area contributed by atoms with E-state index in [9.17, 15) is 15.3 Å². The third kappa shape index (κ3) is 3.11. The number of aromatic nitrogens is 4. The van der Waals surface area contributed by atoms with Gasteiger partial charge in [-0.05, 0) is 31.0 Å². The fraction of sp³-hybridized carbons (Fsp3) is 0.500. The lowest BCUT2D eigenvalue weighted by atomic mass is 10.1. The second kappa shape index (κ2) is 7.89. The van der Waals surface area contributed by atoms with Crippen LogP contribution in [0.15, 0.2) is 30.6 Å². The van der Waals surface area contributed by atoms with Crippen LogP contribution >= 0.6 is 0 Å². The maximum absolute atomic E-state index is 11.4. The Hall–Kier alpha value is -2.83. The van der Waals surface area contributed by atoms with E-state index in [1.807, 2.05) is 31.2 Å². The number of hydrogen-bond donors (Lipinski definition) is 5. The Morgan fingerprint density at radius 2 is 1.94 bits per heavy atom. The van der Waals surface area contributed by atoms with Crippen LogP contribution in [-0.4, -0.2) is 72.0 Å². The first-order chi connectivity index (χ1) is 15.9. The molecular weight excluding hydrogens is 428 g/mol. The molecule has 33 heavy (non-hydrogen) atoms. The van der Waals surface area contributed by atoms with E-state index in [4.69, 9.17) is 15.2 Å². The number of benzene rings is 1. The average molecular weight is 457 g/mol. The molecule has 0 amide bonds. The molecule has 5 rings (SSSR count). The van der Waals surface area contributed by atoms with Crippen molar-refractivity contribution in [2.45, 2.75) is 43.8 Å². The fourth-order valence-corrected chi connectivity index (χ4v) is 4.85. The SMILES string of the molecule is CCOCC1[C@@]2(O)[C@@H](CO)O[C@@H](n3cnc4c(N)nc(Nc5ccc(CC)cc5)nc43)[C@@]12O. The maximum atomic E-state index is 11.4. The highest BCUT2D eigenvalue weighted by molar-refractivity contribution is 5.83. The van der Waals surface area contributed by atoms with Crippen molar-refractivity contribution in [2.24, 2.45) is 5.92 Å². The Balaban J connectivity index is 1.51. The van der Waals surface area contributed by atoms with Gasteiger partial charge in [0.2, 0.25) is 5.95 Å². The van der Waals surface area contributed by atoms with Crippen LogP contribution in [0.3, 0.4) is 0 Å². The molecule has 1 aliphatic heterocycles. The van der Waals surface area contributed by atoms with Crippen molar-refractivity contribution in [3.63, 3.8) is 0 Å². The monoisotopic (exact) mass is 456 g/mol. The summed E-state index contributed by atoms with van der Waals surface area (Å²) in [4.78, 5) is 13.1. The molecule has 1 unspecified atom stereocenters. The zero-order valence-corrected chi connectivity index (χ0v) is 18.5. The first kappa shape index (κ1) is 22.0. The van der Waals surface area contributed by atoms with Gasteiger partial charge in [0, 0.05) is 12.3 Å². The molecule has 1 aromatic carbocycles. The van der Waals surface area contributed by atoms with Gasteiger partial charge < -0.3 is 35.8 Å². The molecule has 0 bridgehead atoms. The highest BCUT2D eigenvalue weighted by atomic mass is 16.6. The number of aryl methyl sites for hydroxylation is 1. The van der Waals surface area contributed by atoms with Gasteiger partial charge in [-0.15, -0.1) is 0 Å². The zero-order chi connectivity index (χ0) is 23.4. The third-order valence-electron chi connectivity index (χ3n) is 6.76. The first-order valence-electron chi connectivity index (χ1n) is 11.0. The molecule has 1 aliphatic carbocycles. The predicted octanol–water partition coefficient (Wildman–Crippen LogP) is 0.733. The number of ether oxygens (including phenoxy) is 2. The van der Waals surface area contributed by atoms with Crippen molar-refractivity contribution in [3.05, 3.63) is 36.2 Å². The Labute approximate surface area is 190 Å². The number of aliphatic hydroxyl groups excluding tert-OH is 1. The van der Waals surface area contributed by atoms with Crippen LogP contribution in [0.5, 0.6) is 0 Å². The summed E-state index contributed by atoms with van der Waals surface area (Å²) in [7, 11) is 0. The second-order valence-corrected chi connectivity index (χ2v) is 8.45. The lowest BCUT2D eigenvalue weighted by molar-refractivity contribution is -0.116. The van der Waals surface area contributed by atoms with Crippen molar-refractivity contribution in [3.8, 4) is 0 Å². The summed E-state index contributed by atoms with van der Waals surface area (Å²) in [6.07, 6.45) is 0.351. The summed E-state index contributed by atoms with van der Waals surface area (Å²) in [5.41, 5.74) is 5.49. The lowest BCUT2D eigenvalue weighted by Crippen LogP contribution is -2.35. The molecule has 3 heterocycles. The van der Waals surface area contributed by atoms with E-state index in [1.165, 1.54) is 16.5 Å². The maximum Gasteiger partial charge on any atom is 0.231 e. The molecule has 2 aliphatic rings. The van der Waals surface area contributed by atoms with E-state index in [0.717, 1.165) is 12.1 Å². The Morgan fingerprint density at radius 3 is 2.61 bits per heavy atom. The lowest BCUT2D eigenvalue weighted by Gasteiger charge is -2.24. The molecule has 1 saturated carbocycles. The Kier molecular flexibility index (Phi) is 5.26. The minimum Gasteiger partial charge on any atom is -0.394 e. The van der Waals surface area contributed by atoms with Crippen molar-refractivity contribution in [1.29, 1.82) is 0 Å². The molecule has 11 heteroatoms. The molecule has 176 valence electrons. The first-order valence-corrected chi connectivity index (χ1v) is 11.0. The smallest absolute Gasteiger partial charge is 0.231 e. The van der Waals surface area contributed by atoms with E-state index < -0.39 is 36.1 Å². The van der Waals surface area contributed by atoms with E-state index in [-0.39, 0.29) is 18.4 Å². The molecule has 0 radical (unpaired) electrons. The number of nitrogens with two attached hydrogens (primary N) is 1. The van der Waals surface area contributed by atoms with E-state index in [0.29, 0.717) is 17.8 Å². The number of aliphatic hydroxyl groups is 3. The summed E-state index contributed by atoms with van der Waals surface area (Å²) in [6.45, 7) is 4.02. The number of nitrogens with one attached hydrogen (secondary N) is 1. The van der Waals surface area contributed by atoms with Crippen molar-refractivity contribution in [1.82, 2.24) is 19.5 Å². The normalized spacial score (nSPS) is 30.5. The standard InChI is InChI=1S/C22H28N6O5/c1-3-12-5-7-13(8-6-12)25-20-26-17(23)16-18(27-20)28(11-24-16)19-22(31)14(10-32-4-2)21(22,30)15(9-29)33-19/h5-8,11,14-15,19,29-31H,3-4,9-10H2,1-2H3,(H3,23,25,26,27)/t14?,15-,19-,21-,22+/m1/s1. The van der Waals surface area contributed by atoms with Gasteiger partial charge in [-0.25, -0.2) is 4.98 Å². The van der Waals surface area contributed by atoms with Crippen LogP contribution in [-0.2, 0) is 15.9 Å². The third-order valence-corrected chi connectivity index (χ3v) is 6.76. The molecule has 1 saturated heterocycles. The number of nitrogen functional groups attached to an aromatic ring is 1. The largest absolute Gasteiger partial charge is 0.394 e. The molecule has 2 fully saturated rings. The minimum absolute atomic E-state index is 0.129. The predicted molar refractivity (Wildman–Crippen MR) is 120 cm³/mol. The Morgan fingerprint density at radius 1 is 1.18 bits per heavy atom. The number of hydrogen-bond acceptors (Lipinski definition) is 10. The number of anilines is 3. The van der Waals surface area contributed by atoms with Crippen LogP contribution in [0.2, 0.25) is 0 Å². The topological polar surface area (TPSA) is 161 Å². The van der Waals surface area contributed by atoms with Crippen molar-refractivity contribution >= 4 is 28.6 Å². The van der Waals surface area contributed by atoms with Crippen LogP contribution in [0, 0.1) is 5.92 Å². The zero-order valence-electron chi connectivity index (χ0n) is 18.5. The summed E-state index contributed by atoms with van der Waals surface area (Å²) in [5.74, 6) is -0.217. The summed E-state index contributed by atoms with van der Waals surface area (Å²) in [6, 6.07) is 7.88. The quantitative estimate of drug-likeness (QED) is 0.327. The summed E-state index contributed by atoms with van der Waals surface area (Å²) in [5, 5.41) is 35.5. The van der Waals surface area contributed by atoms with Gasteiger partial charge >= 0.3 is 0 Å². The van der Waals surface area contributed by atoms with Gasteiger partial charge in [0.15, 0.2) is 17.7 Å². The van der Waals surface area contributed by atoms with Gasteiger partial charge in [-0.2, -0.15) is 9.97 Å². The van der Waals surface area contributed by atoms with Gasteiger partial charge in [0.25, 0.3) is 0 Å². The van der Waals surface area contributed by atoms with Crippen LogP contribution in [0.4, 0.5) is 17.5 Å². The number of imidazole rings is 1. The van der Waals surface area contributed by atoms with Crippen molar-refractivity contribution < 1.29 is 24.8 Å². The molecule has 5 atom stereocenters. The van der Waals surface area contributed by atoms with Gasteiger partial charge in [-0.3, -0.25) is 4.57 Å². The summed E-state index contributed by atoms with van der Waals surface area (Å²) < 4.78 is 12.8. The van der Waals surface area contributed by atoms with E-state index >= 15 is 0 Å². The number of fused-ring (bicyclic) bond motifs is 2. The van der Waals surface area contributed by atoms with Gasteiger partial charge in [-0.1, -0.05) is 19.1 Å². The highest BCUT2D eigenvalue weighted by Crippen LogP contribution is 2.68. The molecule has 2 aromatic heterocycles. The molecule has 3 aromatic rings. The fourth-order valence-electron chi connectivity index (χ4n) is 4.85. The molecule has 6 N–H and O–H groups in total. The van der Waals surface area contributed by atoms with Crippen LogP contribution in [0.25, 0.3) is 11.2 Å². The number of rotatable bonds is 8. The molecule has 11 nitrogen and oxygen atoms in total. The van der Waals surface area contributed by atoms with E-state index in [2.05, 4.69) is 27.2 Å². The second-order valence-electron chi connectivity index (χ2n) is 8.45. The van der Waals surface area contributed by atoms with Gasteiger partial charge in [0.05, 0.1) is 25.5 Å². The molecular formula is C22H28N6O5. The number of nitrogens with zero attached hydrogens (tertiary/aromatic N) is 4. The average Bonchev–Trinajstić information content (AvgIpc) is 3.08. The highest BCUT2D eigenvalue weighted by Gasteiger charge is 2.87. The Bertz CT molecular complexity index is 1170. The van der Waals surface area contributed by atoms with Crippen LogP contribution in [0.1, 0.15) is 25.6 Å². The van der Waals surface area contributed by atoms with Gasteiger partial charge in [0.1, 0.15) is 22.8 Å². The minimum atomic E-state index is -1.67. The van der Waals surface area contributed by atoms with Crippen molar-refractivity contribution in [2.75, 3.05) is 30.9 Å². The molecule has 0 spiro atoms. The van der Waals surface area contributed by atoms with Crippen LogP contribution < -0.4 is 11.1 Å².